The van der Waals surface area contributed by atoms with Gasteiger partial charge < -0.3 is 25.4 Å². The first-order valence-corrected chi connectivity index (χ1v) is 10.9. The highest BCUT2D eigenvalue weighted by atomic mass is 35.5. The highest BCUT2D eigenvalue weighted by Gasteiger charge is 2.17. The molecule has 7 nitrogen and oxygen atoms in total. The van der Waals surface area contributed by atoms with E-state index >= 15 is 0 Å². The molecule has 3 N–H and O–H groups in total. The van der Waals surface area contributed by atoms with Crippen LogP contribution in [0.4, 0.5) is 17.1 Å². The maximum absolute atomic E-state index is 12.5. The summed E-state index contributed by atoms with van der Waals surface area (Å²) < 4.78 is 11.4. The molecule has 1 atom stereocenters. The lowest BCUT2D eigenvalue weighted by molar-refractivity contribution is -0.116. The van der Waals surface area contributed by atoms with E-state index in [1.807, 2.05) is 25.1 Å². The fourth-order valence-electron chi connectivity index (χ4n) is 3.21. The van der Waals surface area contributed by atoms with E-state index in [4.69, 9.17) is 21.1 Å². The summed E-state index contributed by atoms with van der Waals surface area (Å²) in [6, 6.07) is 12.4. The molecule has 0 radical (unpaired) electrons. The number of anilines is 3. The zero-order valence-electron chi connectivity index (χ0n) is 17.6. The van der Waals surface area contributed by atoms with Crippen LogP contribution in [0.1, 0.15) is 32.6 Å². The maximum atomic E-state index is 12.5. The largest absolute Gasteiger partial charge is 0.489 e. The second-order valence-electron chi connectivity index (χ2n) is 7.34. The monoisotopic (exact) mass is 445 g/mol. The van der Waals surface area contributed by atoms with Crippen molar-refractivity contribution in [2.24, 2.45) is 0 Å². The third kappa shape index (κ3) is 7.15. The molecule has 1 fully saturated rings. The van der Waals surface area contributed by atoms with Crippen molar-refractivity contribution in [2.75, 3.05) is 35.7 Å². The van der Waals surface area contributed by atoms with E-state index in [9.17, 15) is 9.59 Å². The van der Waals surface area contributed by atoms with Crippen molar-refractivity contribution in [1.82, 2.24) is 0 Å². The van der Waals surface area contributed by atoms with Crippen LogP contribution in [0.2, 0.25) is 5.02 Å². The van der Waals surface area contributed by atoms with Gasteiger partial charge in [0.25, 0.3) is 0 Å². The van der Waals surface area contributed by atoms with Gasteiger partial charge in [-0.25, -0.2) is 0 Å². The lowest BCUT2D eigenvalue weighted by Crippen LogP contribution is -2.23. The minimum atomic E-state index is -0.246. The van der Waals surface area contributed by atoms with Crippen molar-refractivity contribution in [3.63, 3.8) is 0 Å². The number of para-hydroxylation sites is 2. The Labute approximate surface area is 187 Å². The van der Waals surface area contributed by atoms with E-state index in [-0.39, 0.29) is 24.5 Å². The van der Waals surface area contributed by atoms with Crippen LogP contribution in [0.5, 0.6) is 5.75 Å². The normalized spacial score (nSPS) is 15.4. The molecule has 8 heteroatoms. The first kappa shape index (κ1) is 22.9. The number of ether oxygens (including phenoxy) is 2. The van der Waals surface area contributed by atoms with Crippen LogP contribution in [0.3, 0.4) is 0 Å². The molecular formula is C23H28ClN3O4. The number of hydrogen-bond acceptors (Lipinski definition) is 5. The summed E-state index contributed by atoms with van der Waals surface area (Å²) in [6.45, 7) is 3.17. The zero-order chi connectivity index (χ0) is 22.1. The number of rotatable bonds is 10. The van der Waals surface area contributed by atoms with E-state index in [1.165, 1.54) is 0 Å². The lowest BCUT2D eigenvalue weighted by Gasteiger charge is -2.16. The number of hydrogen-bond donors (Lipinski definition) is 3. The van der Waals surface area contributed by atoms with Crippen molar-refractivity contribution < 1.29 is 19.1 Å². The van der Waals surface area contributed by atoms with Crippen molar-refractivity contribution >= 4 is 40.5 Å². The van der Waals surface area contributed by atoms with E-state index < -0.39 is 0 Å². The van der Waals surface area contributed by atoms with Gasteiger partial charge in [0.1, 0.15) is 12.4 Å². The molecule has 2 amide bonds. The first-order chi connectivity index (χ1) is 15.0. The molecule has 0 aliphatic carbocycles. The van der Waals surface area contributed by atoms with E-state index in [1.54, 1.807) is 24.3 Å². The van der Waals surface area contributed by atoms with Crippen LogP contribution < -0.4 is 20.7 Å². The van der Waals surface area contributed by atoms with Gasteiger partial charge in [-0.2, -0.15) is 0 Å². The second kappa shape index (κ2) is 11.6. The molecule has 31 heavy (non-hydrogen) atoms. The van der Waals surface area contributed by atoms with Gasteiger partial charge in [-0.15, -0.1) is 0 Å². The summed E-state index contributed by atoms with van der Waals surface area (Å²) in [5, 5.41) is 9.16. The quantitative estimate of drug-likeness (QED) is 0.493. The number of carbonyl (C=O) groups is 2. The second-order valence-corrected chi connectivity index (χ2v) is 7.74. The Morgan fingerprint density at radius 3 is 2.74 bits per heavy atom. The molecule has 1 unspecified atom stereocenters. The van der Waals surface area contributed by atoms with Crippen molar-refractivity contribution in [3.05, 3.63) is 47.5 Å². The molecule has 0 saturated carbocycles. The first-order valence-electron chi connectivity index (χ1n) is 10.5. The summed E-state index contributed by atoms with van der Waals surface area (Å²) in [7, 11) is 0. The Bertz CT molecular complexity index is 900. The van der Waals surface area contributed by atoms with Gasteiger partial charge in [0.05, 0.1) is 29.0 Å². The Balaban J connectivity index is 1.55. The maximum Gasteiger partial charge on any atom is 0.243 e. The topological polar surface area (TPSA) is 88.7 Å². The third-order valence-corrected chi connectivity index (χ3v) is 5.11. The molecule has 2 aromatic carbocycles. The van der Waals surface area contributed by atoms with Gasteiger partial charge in [-0.1, -0.05) is 30.7 Å². The Hall–Kier alpha value is -2.77. The highest BCUT2D eigenvalue weighted by Crippen LogP contribution is 2.27. The minimum absolute atomic E-state index is 0.00610. The standard InChI is InChI=1S/C23H28ClN3O4/c1-2-6-22(28)26-16-10-11-18(24)20(13-16)25-14-23(29)27-19-8-3-4-9-21(19)31-15-17-7-5-12-30-17/h3-4,8-11,13,17,25H,2,5-7,12,14-15H2,1H3,(H,26,28)(H,27,29). The molecule has 0 aromatic heterocycles. The Morgan fingerprint density at radius 2 is 1.97 bits per heavy atom. The number of carbonyl (C=O) groups excluding carboxylic acids is 2. The van der Waals surface area contributed by atoms with Crippen LogP contribution >= 0.6 is 11.6 Å². The van der Waals surface area contributed by atoms with Gasteiger partial charge in [-0.3, -0.25) is 9.59 Å². The number of benzene rings is 2. The van der Waals surface area contributed by atoms with Crippen LogP contribution in [0, 0.1) is 0 Å². The van der Waals surface area contributed by atoms with Crippen LogP contribution in [-0.2, 0) is 14.3 Å². The molecule has 1 aliphatic heterocycles. The number of nitrogens with one attached hydrogen (secondary N) is 3. The Morgan fingerprint density at radius 1 is 1.13 bits per heavy atom. The summed E-state index contributed by atoms with van der Waals surface area (Å²) in [4.78, 5) is 24.3. The van der Waals surface area contributed by atoms with Crippen LogP contribution in [-0.4, -0.2) is 37.7 Å². The van der Waals surface area contributed by atoms with E-state index in [2.05, 4.69) is 16.0 Å². The van der Waals surface area contributed by atoms with Gasteiger partial charge in [0.15, 0.2) is 0 Å². The van der Waals surface area contributed by atoms with E-state index in [0.717, 1.165) is 25.9 Å². The molecule has 3 rings (SSSR count). The summed E-state index contributed by atoms with van der Waals surface area (Å²) in [6.07, 6.45) is 3.34. The van der Waals surface area contributed by atoms with Gasteiger partial charge in [0, 0.05) is 18.7 Å². The smallest absolute Gasteiger partial charge is 0.243 e. The predicted molar refractivity (Wildman–Crippen MR) is 123 cm³/mol. The minimum Gasteiger partial charge on any atom is -0.489 e. The van der Waals surface area contributed by atoms with Crippen LogP contribution in [0.15, 0.2) is 42.5 Å². The molecule has 0 spiro atoms. The lowest BCUT2D eigenvalue weighted by atomic mass is 10.2. The number of halogens is 1. The van der Waals surface area contributed by atoms with E-state index in [0.29, 0.717) is 40.9 Å². The van der Waals surface area contributed by atoms with Gasteiger partial charge in [-0.05, 0) is 49.6 Å². The number of amides is 2. The summed E-state index contributed by atoms with van der Waals surface area (Å²) in [5.41, 5.74) is 1.78. The van der Waals surface area contributed by atoms with Crippen molar-refractivity contribution in [3.8, 4) is 5.75 Å². The fraction of sp³-hybridized carbons (Fsp3) is 0.391. The molecule has 0 bridgehead atoms. The molecule has 1 aliphatic rings. The summed E-state index contributed by atoms with van der Waals surface area (Å²) in [5.74, 6) is 0.294. The Kier molecular flexibility index (Phi) is 8.55. The van der Waals surface area contributed by atoms with Crippen molar-refractivity contribution in [2.45, 2.75) is 38.7 Å². The van der Waals surface area contributed by atoms with Gasteiger partial charge in [0.2, 0.25) is 11.8 Å². The summed E-state index contributed by atoms with van der Waals surface area (Å²) >= 11 is 6.23. The van der Waals surface area contributed by atoms with Crippen LogP contribution in [0.25, 0.3) is 0 Å². The predicted octanol–water partition coefficient (Wildman–Crippen LogP) is 4.69. The SMILES string of the molecule is CCCC(=O)Nc1ccc(Cl)c(NCC(=O)Nc2ccccc2OCC2CCCO2)c1. The molecule has 1 heterocycles. The molecule has 166 valence electrons. The van der Waals surface area contributed by atoms with Gasteiger partial charge >= 0.3 is 0 Å². The third-order valence-electron chi connectivity index (χ3n) is 4.78. The average molecular weight is 446 g/mol. The van der Waals surface area contributed by atoms with Crippen molar-refractivity contribution in [1.29, 1.82) is 0 Å². The molecular weight excluding hydrogens is 418 g/mol. The molecule has 1 saturated heterocycles. The fourth-order valence-corrected chi connectivity index (χ4v) is 3.40. The highest BCUT2D eigenvalue weighted by molar-refractivity contribution is 6.33. The molecule has 2 aromatic rings. The average Bonchev–Trinajstić information content (AvgIpc) is 3.27. The zero-order valence-corrected chi connectivity index (χ0v) is 18.3.